The number of carbonyl (C=O) groups is 12. The predicted octanol–water partition coefficient (Wildman–Crippen LogP) is 11.3. The first kappa shape index (κ1) is 97.4. The fourth-order valence-corrected chi connectivity index (χ4v) is 16.8. The number of nitrogens with two attached hydrogens (primary N) is 4. The highest BCUT2D eigenvalue weighted by Gasteiger charge is 2.40. The van der Waals surface area contributed by atoms with Crippen LogP contribution in [0.1, 0.15) is 255 Å². The monoisotopic (exact) mass is 1770 g/mol. The molecule has 129 heavy (non-hydrogen) atoms. The number of nitrogens with zero attached hydrogens (tertiary/aromatic N) is 7. The number of aromatic nitrogens is 4. The number of aryl methyl sites for hydroxylation is 4. The van der Waals surface area contributed by atoms with E-state index < -0.39 is 54.5 Å². The maximum absolute atomic E-state index is 13.1. The molecule has 18 N–H and O–H groups in total. The van der Waals surface area contributed by atoms with Crippen LogP contribution in [0.3, 0.4) is 0 Å². The van der Waals surface area contributed by atoms with E-state index in [1.165, 1.54) is 43.2 Å². The highest BCUT2D eigenvalue weighted by atomic mass is 19.1. The molecule has 4 saturated heterocycles. The lowest BCUT2D eigenvalue weighted by Gasteiger charge is -2.38. The molecule has 4 aromatic carbocycles. The van der Waals surface area contributed by atoms with Gasteiger partial charge >= 0.3 is 47.3 Å². The maximum atomic E-state index is 13.1. The number of alkyl halides is 1. The molecule has 0 aliphatic carbocycles. The number of carbonyl (C=O) groups excluding carboxylic acids is 11. The lowest BCUT2D eigenvalue weighted by atomic mass is 9.88. The third-order valence-corrected chi connectivity index (χ3v) is 24.1. The first-order valence-corrected chi connectivity index (χ1v) is 42.9. The van der Waals surface area contributed by atoms with Crippen molar-refractivity contribution in [3.63, 3.8) is 0 Å². The number of aliphatic carboxylic acids is 1. The fraction of sp³-hybridized carbons (Fsp3) is 0.411. The van der Waals surface area contributed by atoms with Crippen molar-refractivity contribution in [2.45, 2.75) is 198 Å². The fourth-order valence-electron chi connectivity index (χ4n) is 16.8. The number of rotatable bonds is 12. The molecule has 11 amide bonds. The minimum atomic E-state index is -1.54. The predicted molar refractivity (Wildman–Crippen MR) is 493 cm³/mol. The summed E-state index contributed by atoms with van der Waals surface area (Å²) in [6.07, 6.45) is 15.9. The van der Waals surface area contributed by atoms with E-state index in [0.717, 1.165) is 118 Å². The minimum Gasteiger partial charge on any atom is -0.474 e. The molecular weight excluding hydrogens is 1650 g/mol. The third kappa shape index (κ3) is 24.3. The van der Waals surface area contributed by atoms with E-state index in [9.17, 15) is 61.9 Å². The standard InChI is InChI=1S/3C23H27N5O3.C14H18N2O.C9H11N3O3.CH3F.2CH4/c3*1-3-14-8-17(11-25-20(14)24)27-22(30)23(31)28-12-13(2)4-7-19(28)15-5-6-16-10-26-21(29)18(16)9-15;1-9-2-5-13(15-7-9)10-3-4-11-8-16-14(17)12(11)6-10;1-2-5-3-6(4-11-7(5)10)12-8(13)9(14)15;1-2;;/h3*5-6,8-9,11,13,19H,3-4,7,10,12H2,1-2H3,(H2,24,25)(H,26,29)(H,27,30);3-4,6,9,13,15H,2,5,7-8H2,1H3,(H,16,17);3-4H,2H2,1H3,(H2,10,11)(H,12,13)(H,14,15);1H3;2*1H4/t2*13-,19+;;;;;;/m10....../s1/i;;;;;1D;;. The number of hydrogen-bond acceptors (Lipinski definition) is 21. The molecule has 8 atom stereocenters. The summed E-state index contributed by atoms with van der Waals surface area (Å²) in [6.45, 7) is 21.0. The molecule has 8 aliphatic heterocycles. The average Bonchev–Trinajstić information content (AvgIpc) is 1.39. The van der Waals surface area contributed by atoms with E-state index in [4.69, 9.17) is 29.4 Å². The lowest BCUT2D eigenvalue weighted by Crippen LogP contribution is -2.46. The molecule has 4 aromatic heterocycles. The van der Waals surface area contributed by atoms with Gasteiger partial charge in [0.1, 0.15) is 23.3 Å². The number of nitrogens with one attached hydrogen (secondary N) is 9. The summed E-state index contributed by atoms with van der Waals surface area (Å²) in [5, 5.41) is 33.4. The Bertz CT molecular complexity index is 5140. The molecule has 12 heterocycles. The highest BCUT2D eigenvalue weighted by Crippen LogP contribution is 2.40. The third-order valence-electron chi connectivity index (χ3n) is 24.1. The van der Waals surface area contributed by atoms with Crippen LogP contribution in [0.25, 0.3) is 0 Å². The van der Waals surface area contributed by atoms with Crippen molar-refractivity contribution in [3.05, 3.63) is 211 Å². The second kappa shape index (κ2) is 45.1. The number of halogens is 1. The van der Waals surface area contributed by atoms with E-state index in [1.54, 1.807) is 39.0 Å². The van der Waals surface area contributed by atoms with E-state index in [-0.39, 0.29) is 74.4 Å². The van der Waals surface area contributed by atoms with Gasteiger partial charge in [0, 0.05) is 74.1 Å². The number of carboxylic acid groups (broad SMARTS) is 1. The summed E-state index contributed by atoms with van der Waals surface area (Å²) in [6, 6.07) is 30.0. The van der Waals surface area contributed by atoms with Crippen molar-refractivity contribution >= 4 is 117 Å². The number of carboxylic acids is 1. The quantitative estimate of drug-likeness (QED) is 0.0505. The van der Waals surface area contributed by atoms with Crippen LogP contribution >= 0.6 is 0 Å². The number of nitrogen functional groups attached to an aromatic ring is 4. The molecular formula is C95H121FN20O13. The molecule has 0 bridgehead atoms. The van der Waals surface area contributed by atoms with Crippen LogP contribution in [0.2, 0.25) is 0 Å². The first-order chi connectivity index (χ1) is 61.3. The molecule has 34 heteroatoms. The van der Waals surface area contributed by atoms with Gasteiger partial charge in [-0.2, -0.15) is 0 Å². The van der Waals surface area contributed by atoms with Gasteiger partial charge in [-0.25, -0.2) is 24.7 Å². The van der Waals surface area contributed by atoms with Crippen LogP contribution in [0.15, 0.2) is 122 Å². The number of anilines is 8. The van der Waals surface area contributed by atoms with E-state index in [2.05, 4.69) is 114 Å². The van der Waals surface area contributed by atoms with Crippen molar-refractivity contribution in [2.24, 2.45) is 23.7 Å². The van der Waals surface area contributed by atoms with E-state index >= 15 is 0 Å². The molecule has 16 rings (SSSR count). The van der Waals surface area contributed by atoms with Gasteiger partial charge in [0.05, 0.1) is 74.2 Å². The van der Waals surface area contributed by atoms with Crippen LogP contribution in [0, 0.1) is 23.7 Å². The van der Waals surface area contributed by atoms with Gasteiger partial charge in [0.25, 0.3) is 23.6 Å². The molecule has 0 radical (unpaired) electrons. The number of benzene rings is 4. The molecule has 4 fully saturated rings. The summed E-state index contributed by atoms with van der Waals surface area (Å²) in [4.78, 5) is 168. The molecule has 686 valence electrons. The zero-order valence-electron chi connectivity index (χ0n) is 73.7. The number of hydrogen-bond donors (Lipinski definition) is 14. The van der Waals surface area contributed by atoms with Gasteiger partial charge in [-0.3, -0.25) is 57.1 Å². The highest BCUT2D eigenvalue weighted by molar-refractivity contribution is 6.41. The zero-order chi connectivity index (χ0) is 92.3. The summed E-state index contributed by atoms with van der Waals surface area (Å²) < 4.78 is 15.5. The van der Waals surface area contributed by atoms with Crippen LogP contribution in [-0.2, 0) is 90.2 Å². The molecule has 0 saturated carbocycles. The first-order valence-electron chi connectivity index (χ1n) is 43.6. The summed E-state index contributed by atoms with van der Waals surface area (Å²) in [7, 11) is -1.00. The Morgan fingerprint density at radius 2 is 0.659 bits per heavy atom. The number of piperidine rings is 4. The van der Waals surface area contributed by atoms with Crippen molar-refractivity contribution < 1.29 is 68.4 Å². The zero-order valence-corrected chi connectivity index (χ0v) is 72.7. The molecule has 4 unspecified atom stereocenters. The maximum Gasteiger partial charge on any atom is 0.394 e. The Labute approximate surface area is 752 Å². The van der Waals surface area contributed by atoms with Gasteiger partial charge in [-0.15, -0.1) is 0 Å². The minimum absolute atomic E-state index is 0. The number of amides is 11. The number of likely N-dealkylation sites (tertiary alicyclic amines) is 3. The van der Waals surface area contributed by atoms with Gasteiger partial charge in [-0.05, 0) is 223 Å². The van der Waals surface area contributed by atoms with Gasteiger partial charge in [0.15, 0.2) is 0 Å². The second-order valence-corrected chi connectivity index (χ2v) is 33.1. The molecule has 8 aliphatic rings. The van der Waals surface area contributed by atoms with E-state index in [0.29, 0.717) is 140 Å². The van der Waals surface area contributed by atoms with Crippen molar-refractivity contribution in [1.82, 2.24) is 61.2 Å². The number of pyridine rings is 4. The smallest absolute Gasteiger partial charge is 0.394 e. The lowest BCUT2D eigenvalue weighted by molar-refractivity contribution is -0.147. The van der Waals surface area contributed by atoms with Crippen LogP contribution in [0.4, 0.5) is 50.4 Å². The van der Waals surface area contributed by atoms with E-state index in [1.807, 2.05) is 82.3 Å². The number of fused-ring (bicyclic) bond motifs is 4. The van der Waals surface area contributed by atoms with Crippen LogP contribution in [-0.4, -0.2) is 144 Å². The normalized spacial score (nSPS) is 19.5. The van der Waals surface area contributed by atoms with Gasteiger partial charge in [0.2, 0.25) is 0 Å². The van der Waals surface area contributed by atoms with Crippen molar-refractivity contribution in [2.75, 3.05) is 77.5 Å². The SMILES string of the molecule is C.C.CC1CCC(c2ccc3c(c2)C(=O)NC3)NC1.CCc1cc(NC(=O)C(=O)N2CC(C)CCC2c2ccc3c(c2)C(=O)NC3)cnc1N.CCc1cc(NC(=O)C(=O)N2C[C@@H](C)CC[C@@H]2c2ccc3c(c2)C(=O)NC3)cnc1N.CCc1cc(NC(=O)C(=O)N2C[C@H](C)CC[C@H]2c2ccc3c(c2)C(=O)NC3)cnc1N.CCc1cc(NC(=O)C(=O)O)cnc1N.[2H]CF. The second-order valence-electron chi connectivity index (χ2n) is 33.1. The Morgan fingerprint density at radius 3 is 0.915 bits per heavy atom. The molecule has 0 spiro atoms. The topological polar surface area (TPSA) is 499 Å². The summed E-state index contributed by atoms with van der Waals surface area (Å²) in [5.41, 5.74) is 38.6. The van der Waals surface area contributed by atoms with Gasteiger partial charge in [-0.1, -0.05) is 119 Å². The van der Waals surface area contributed by atoms with Crippen LogP contribution in [0.5, 0.6) is 0 Å². The largest absolute Gasteiger partial charge is 0.474 e. The molecule has 8 aromatic rings. The van der Waals surface area contributed by atoms with Crippen molar-refractivity contribution in [3.8, 4) is 0 Å². The Morgan fingerprint density at radius 1 is 0.403 bits per heavy atom. The average molecular weight is 1770 g/mol. The van der Waals surface area contributed by atoms with Crippen molar-refractivity contribution in [1.29, 1.82) is 0 Å². The Kier molecular flexibility index (Phi) is 34.0. The Hall–Kier alpha value is -13.8. The van der Waals surface area contributed by atoms with Crippen LogP contribution < -0.4 is 70.8 Å². The molecule has 33 nitrogen and oxygen atoms in total. The van der Waals surface area contributed by atoms with Gasteiger partial charge < -0.3 is 90.6 Å². The summed E-state index contributed by atoms with van der Waals surface area (Å²) >= 11 is 0. The summed E-state index contributed by atoms with van der Waals surface area (Å²) in [5.74, 6) is -3.46. The Balaban J connectivity index is 0.000000186.